The molecule has 0 aliphatic heterocycles. The van der Waals surface area contributed by atoms with Crippen LogP contribution in [-0.4, -0.2) is 49.3 Å². The summed E-state index contributed by atoms with van der Waals surface area (Å²) >= 11 is 0. The summed E-state index contributed by atoms with van der Waals surface area (Å²) in [7, 11) is -4.38. The first-order valence-electron chi connectivity index (χ1n) is 20.5. The van der Waals surface area contributed by atoms with Crippen molar-refractivity contribution in [1.82, 2.24) is 0 Å². The molecular formula is C41H76NO8P. The van der Waals surface area contributed by atoms with Gasteiger partial charge in [0.25, 0.3) is 0 Å². The van der Waals surface area contributed by atoms with Crippen LogP contribution in [-0.2, 0) is 32.7 Å². The van der Waals surface area contributed by atoms with Crippen LogP contribution < -0.4 is 5.73 Å². The number of ether oxygens (including phenoxy) is 2. The smallest absolute Gasteiger partial charge is 0.462 e. The maximum absolute atomic E-state index is 12.5. The third-order valence-corrected chi connectivity index (χ3v) is 9.51. The maximum Gasteiger partial charge on any atom is 0.472 e. The number of hydrogen-bond acceptors (Lipinski definition) is 8. The van der Waals surface area contributed by atoms with E-state index in [0.717, 1.165) is 44.9 Å². The second-order valence-corrected chi connectivity index (χ2v) is 15.0. The monoisotopic (exact) mass is 742 g/mol. The molecule has 0 aromatic heterocycles. The van der Waals surface area contributed by atoms with E-state index in [1.165, 1.54) is 96.3 Å². The van der Waals surface area contributed by atoms with Crippen molar-refractivity contribution in [3.63, 3.8) is 0 Å². The number of hydrogen-bond donors (Lipinski definition) is 2. The van der Waals surface area contributed by atoms with Gasteiger partial charge in [-0.3, -0.25) is 18.6 Å². The predicted octanol–water partition coefficient (Wildman–Crippen LogP) is 11.4. The Morgan fingerprint density at radius 2 is 1.04 bits per heavy atom. The number of allylic oxidation sites excluding steroid dienone is 6. The van der Waals surface area contributed by atoms with Gasteiger partial charge in [0.15, 0.2) is 6.10 Å². The quantitative estimate of drug-likeness (QED) is 0.0274. The minimum Gasteiger partial charge on any atom is -0.462 e. The first-order valence-corrected chi connectivity index (χ1v) is 22.0. The Morgan fingerprint density at radius 1 is 0.588 bits per heavy atom. The van der Waals surface area contributed by atoms with E-state index in [1.807, 2.05) is 0 Å². The Labute approximate surface area is 312 Å². The lowest BCUT2D eigenvalue weighted by atomic mass is 10.0. The van der Waals surface area contributed by atoms with E-state index < -0.39 is 32.5 Å². The summed E-state index contributed by atoms with van der Waals surface area (Å²) < 4.78 is 32.6. The number of carbonyl (C=O) groups excluding carboxylic acids is 2. The molecule has 0 spiro atoms. The van der Waals surface area contributed by atoms with Crippen molar-refractivity contribution in [3.05, 3.63) is 36.5 Å². The number of carbonyl (C=O) groups is 2. The van der Waals surface area contributed by atoms with Crippen LogP contribution in [0.1, 0.15) is 181 Å². The lowest BCUT2D eigenvalue weighted by Gasteiger charge is -2.19. The average Bonchev–Trinajstić information content (AvgIpc) is 3.11. The zero-order chi connectivity index (χ0) is 37.5. The number of phosphoric ester groups is 1. The molecular weight excluding hydrogens is 665 g/mol. The van der Waals surface area contributed by atoms with Crippen molar-refractivity contribution >= 4 is 19.8 Å². The van der Waals surface area contributed by atoms with Crippen LogP contribution in [0, 0.1) is 0 Å². The van der Waals surface area contributed by atoms with Gasteiger partial charge in [-0.2, -0.15) is 0 Å². The number of phosphoric acid groups is 1. The Hall–Kier alpha value is -1.77. The van der Waals surface area contributed by atoms with Gasteiger partial charge in [-0.15, -0.1) is 0 Å². The summed E-state index contributed by atoms with van der Waals surface area (Å²) in [5.41, 5.74) is 5.33. The number of nitrogens with two attached hydrogens (primary N) is 1. The highest BCUT2D eigenvalue weighted by atomic mass is 31.2. The van der Waals surface area contributed by atoms with Gasteiger partial charge in [-0.1, -0.05) is 159 Å². The van der Waals surface area contributed by atoms with Crippen molar-refractivity contribution in [2.45, 2.75) is 187 Å². The van der Waals surface area contributed by atoms with Crippen LogP contribution in [0.4, 0.5) is 0 Å². The number of rotatable bonds is 38. The Bertz CT molecular complexity index is 939. The molecule has 0 saturated carbocycles. The van der Waals surface area contributed by atoms with Crippen LogP contribution in [0.5, 0.6) is 0 Å². The zero-order valence-electron chi connectivity index (χ0n) is 32.6. The molecule has 9 nitrogen and oxygen atoms in total. The normalized spacial score (nSPS) is 13.7. The number of esters is 2. The highest BCUT2D eigenvalue weighted by Gasteiger charge is 2.25. The fourth-order valence-corrected chi connectivity index (χ4v) is 6.24. The zero-order valence-corrected chi connectivity index (χ0v) is 33.5. The van der Waals surface area contributed by atoms with E-state index in [2.05, 4.69) is 50.3 Å². The summed E-state index contributed by atoms with van der Waals surface area (Å²) in [6.07, 6.45) is 40.4. The van der Waals surface area contributed by atoms with Gasteiger partial charge in [0.2, 0.25) is 0 Å². The van der Waals surface area contributed by atoms with Gasteiger partial charge >= 0.3 is 19.8 Å². The largest absolute Gasteiger partial charge is 0.472 e. The first-order chi connectivity index (χ1) is 24.8. The van der Waals surface area contributed by atoms with Crippen molar-refractivity contribution < 1.29 is 37.6 Å². The minimum atomic E-state index is -4.38. The molecule has 298 valence electrons. The van der Waals surface area contributed by atoms with E-state index in [4.69, 9.17) is 24.3 Å². The molecule has 0 bridgehead atoms. The van der Waals surface area contributed by atoms with Gasteiger partial charge in [-0.05, 0) is 44.9 Å². The lowest BCUT2D eigenvalue weighted by molar-refractivity contribution is -0.161. The molecule has 0 heterocycles. The molecule has 0 aromatic rings. The molecule has 0 fully saturated rings. The average molecular weight is 742 g/mol. The minimum absolute atomic E-state index is 0.0476. The molecule has 0 aliphatic carbocycles. The number of unbranched alkanes of at least 4 members (excludes halogenated alkanes) is 19. The maximum atomic E-state index is 12.5. The second kappa shape index (κ2) is 38.0. The molecule has 0 radical (unpaired) electrons. The standard InChI is InChI=1S/C41H76NO8P/c1-3-5-7-9-11-13-15-17-18-19-20-22-23-25-27-29-31-33-40(43)47-37-39(38-49-51(45,46)48-36-35-42)50-41(44)34-32-30-28-26-24-21-16-14-12-10-8-6-4-2/h17-18,20,22,25,27,39H,3-16,19,21,23-24,26,28-38,42H2,1-2H3,(H,45,46)/b18-17+,22-20+,27-25+/t39-/m1/s1. The topological polar surface area (TPSA) is 134 Å². The van der Waals surface area contributed by atoms with E-state index in [-0.39, 0.29) is 32.6 Å². The molecule has 0 aliphatic rings. The van der Waals surface area contributed by atoms with Crippen LogP contribution >= 0.6 is 7.82 Å². The van der Waals surface area contributed by atoms with E-state index in [1.54, 1.807) is 0 Å². The van der Waals surface area contributed by atoms with Gasteiger partial charge in [-0.25, -0.2) is 4.57 Å². The molecule has 2 atom stereocenters. The van der Waals surface area contributed by atoms with Crippen molar-refractivity contribution in [2.24, 2.45) is 5.73 Å². The third-order valence-electron chi connectivity index (χ3n) is 8.53. The Kier molecular flexibility index (Phi) is 36.7. The van der Waals surface area contributed by atoms with E-state index in [9.17, 15) is 19.0 Å². The van der Waals surface area contributed by atoms with Gasteiger partial charge < -0.3 is 20.1 Å². The summed E-state index contributed by atoms with van der Waals surface area (Å²) in [4.78, 5) is 34.7. The molecule has 3 N–H and O–H groups in total. The van der Waals surface area contributed by atoms with Crippen LogP contribution in [0.25, 0.3) is 0 Å². The highest BCUT2D eigenvalue weighted by molar-refractivity contribution is 7.47. The lowest BCUT2D eigenvalue weighted by Crippen LogP contribution is -2.29. The molecule has 51 heavy (non-hydrogen) atoms. The Balaban J connectivity index is 4.26. The summed E-state index contributed by atoms with van der Waals surface area (Å²) in [6.45, 7) is 3.66. The van der Waals surface area contributed by atoms with Gasteiger partial charge in [0.05, 0.1) is 13.2 Å². The third kappa shape index (κ3) is 37.8. The summed E-state index contributed by atoms with van der Waals surface area (Å²) in [5.74, 6) is -0.887. The fraction of sp³-hybridized carbons (Fsp3) is 0.805. The molecule has 0 rings (SSSR count). The molecule has 1 unspecified atom stereocenters. The van der Waals surface area contributed by atoms with Crippen LogP contribution in [0.15, 0.2) is 36.5 Å². The van der Waals surface area contributed by atoms with Crippen LogP contribution in [0.2, 0.25) is 0 Å². The SMILES string of the molecule is CCCCCCCC/C=C/C/C=C/C/C=C/CCCC(=O)OC[C@H](COP(=O)(O)OCCN)OC(=O)CCCCCCCCCCCCCCC. The Morgan fingerprint density at radius 3 is 1.57 bits per heavy atom. The van der Waals surface area contributed by atoms with E-state index >= 15 is 0 Å². The van der Waals surface area contributed by atoms with Crippen LogP contribution in [0.3, 0.4) is 0 Å². The molecule has 0 amide bonds. The molecule has 0 saturated heterocycles. The van der Waals surface area contributed by atoms with Gasteiger partial charge in [0, 0.05) is 19.4 Å². The summed E-state index contributed by atoms with van der Waals surface area (Å²) in [5, 5.41) is 0. The predicted molar refractivity (Wildman–Crippen MR) is 210 cm³/mol. The molecule has 10 heteroatoms. The van der Waals surface area contributed by atoms with Crippen molar-refractivity contribution in [1.29, 1.82) is 0 Å². The molecule has 0 aromatic carbocycles. The van der Waals surface area contributed by atoms with Crippen molar-refractivity contribution in [2.75, 3.05) is 26.4 Å². The van der Waals surface area contributed by atoms with Gasteiger partial charge in [0.1, 0.15) is 6.61 Å². The van der Waals surface area contributed by atoms with E-state index in [0.29, 0.717) is 12.8 Å². The second-order valence-electron chi connectivity index (χ2n) is 13.5. The summed E-state index contributed by atoms with van der Waals surface area (Å²) in [6, 6.07) is 0. The highest BCUT2D eigenvalue weighted by Crippen LogP contribution is 2.43. The first kappa shape index (κ1) is 49.2. The van der Waals surface area contributed by atoms with Crippen molar-refractivity contribution in [3.8, 4) is 0 Å². The fourth-order valence-electron chi connectivity index (χ4n) is 5.47.